The standard InChI is InChI=1S/C21H34O2Si/c1-8-9-14-20(22)19-13-11-10-12-18(16-15-17(19)2)23-24(6,7)21(3,4)5/h8,10-11,13,18H,1-2,9,12,14-16H2,3-7H3/b11-10-,19-13+/t18-/m1/s1. The molecule has 0 aromatic rings. The Morgan fingerprint density at radius 1 is 1.42 bits per heavy atom. The number of ketones is 1. The van der Waals surface area contributed by atoms with Crippen molar-refractivity contribution in [2.45, 2.75) is 77.1 Å². The highest BCUT2D eigenvalue weighted by Gasteiger charge is 2.38. The summed E-state index contributed by atoms with van der Waals surface area (Å²) in [5.74, 6) is 0.160. The summed E-state index contributed by atoms with van der Waals surface area (Å²) >= 11 is 0. The summed E-state index contributed by atoms with van der Waals surface area (Å²) in [6, 6.07) is 0. The molecule has 0 bridgehead atoms. The highest BCUT2D eigenvalue weighted by molar-refractivity contribution is 6.74. The van der Waals surface area contributed by atoms with E-state index in [1.54, 1.807) is 6.08 Å². The summed E-state index contributed by atoms with van der Waals surface area (Å²) in [5.41, 5.74) is 1.69. The van der Waals surface area contributed by atoms with Crippen LogP contribution >= 0.6 is 0 Å². The molecule has 1 rings (SSSR count). The van der Waals surface area contributed by atoms with E-state index >= 15 is 0 Å². The average molecular weight is 347 g/mol. The van der Waals surface area contributed by atoms with Crippen LogP contribution in [-0.4, -0.2) is 20.2 Å². The minimum atomic E-state index is -1.78. The van der Waals surface area contributed by atoms with Gasteiger partial charge in [-0.2, -0.15) is 0 Å². The van der Waals surface area contributed by atoms with Crippen LogP contribution in [0.5, 0.6) is 0 Å². The molecular weight excluding hydrogens is 312 g/mol. The predicted octanol–water partition coefficient (Wildman–Crippen LogP) is 6.13. The van der Waals surface area contributed by atoms with Gasteiger partial charge < -0.3 is 4.43 Å². The zero-order chi connectivity index (χ0) is 18.4. The number of allylic oxidation sites excluding steroid dienone is 5. The molecule has 0 N–H and O–H groups in total. The second kappa shape index (κ2) is 8.77. The van der Waals surface area contributed by atoms with Crippen molar-refractivity contribution in [3.05, 3.63) is 48.6 Å². The molecule has 134 valence electrons. The van der Waals surface area contributed by atoms with Crippen LogP contribution in [0.15, 0.2) is 48.6 Å². The molecular formula is C21H34O2Si. The summed E-state index contributed by atoms with van der Waals surface area (Å²) in [6.45, 7) is 19.2. The van der Waals surface area contributed by atoms with Crippen LogP contribution in [0, 0.1) is 0 Å². The first kappa shape index (κ1) is 20.9. The topological polar surface area (TPSA) is 26.3 Å². The molecule has 3 heteroatoms. The first-order valence-electron chi connectivity index (χ1n) is 8.95. The summed E-state index contributed by atoms with van der Waals surface area (Å²) in [6.07, 6.45) is 11.9. The molecule has 0 heterocycles. The molecule has 0 aromatic carbocycles. The normalized spacial score (nSPS) is 23.5. The van der Waals surface area contributed by atoms with Crippen LogP contribution in [0.1, 0.15) is 52.9 Å². The Labute approximate surface area is 149 Å². The van der Waals surface area contributed by atoms with Crippen LogP contribution < -0.4 is 0 Å². The minimum absolute atomic E-state index is 0.160. The van der Waals surface area contributed by atoms with Crippen molar-refractivity contribution in [1.82, 2.24) is 0 Å². The fourth-order valence-corrected chi connectivity index (χ4v) is 3.86. The van der Waals surface area contributed by atoms with Crippen molar-refractivity contribution in [1.29, 1.82) is 0 Å². The summed E-state index contributed by atoms with van der Waals surface area (Å²) in [7, 11) is -1.78. The quantitative estimate of drug-likeness (QED) is 0.427. The van der Waals surface area contributed by atoms with Crippen LogP contribution in [0.2, 0.25) is 18.1 Å². The van der Waals surface area contributed by atoms with E-state index in [0.29, 0.717) is 12.8 Å². The molecule has 0 amide bonds. The van der Waals surface area contributed by atoms with E-state index in [9.17, 15) is 4.79 Å². The Morgan fingerprint density at radius 3 is 2.67 bits per heavy atom. The molecule has 2 nitrogen and oxygen atoms in total. The van der Waals surface area contributed by atoms with Crippen LogP contribution in [0.4, 0.5) is 0 Å². The molecule has 0 aromatic heterocycles. The largest absolute Gasteiger partial charge is 0.414 e. The van der Waals surface area contributed by atoms with E-state index in [-0.39, 0.29) is 16.9 Å². The molecule has 0 saturated carbocycles. The summed E-state index contributed by atoms with van der Waals surface area (Å²) < 4.78 is 6.57. The van der Waals surface area contributed by atoms with Crippen molar-refractivity contribution in [2.75, 3.05) is 0 Å². The maximum Gasteiger partial charge on any atom is 0.192 e. The van der Waals surface area contributed by atoms with E-state index in [1.165, 1.54) is 0 Å². The van der Waals surface area contributed by atoms with E-state index < -0.39 is 8.32 Å². The van der Waals surface area contributed by atoms with Gasteiger partial charge in [0.2, 0.25) is 0 Å². The van der Waals surface area contributed by atoms with Crippen LogP contribution in [0.3, 0.4) is 0 Å². The Balaban J connectivity index is 2.79. The third kappa shape index (κ3) is 6.03. The lowest BCUT2D eigenvalue weighted by atomic mass is 9.95. The highest BCUT2D eigenvalue weighted by atomic mass is 28.4. The van der Waals surface area contributed by atoms with E-state index in [4.69, 9.17) is 4.43 Å². The molecule has 0 unspecified atom stereocenters. The molecule has 0 fully saturated rings. The maximum absolute atomic E-state index is 12.4. The van der Waals surface area contributed by atoms with Gasteiger partial charge in [0.1, 0.15) is 0 Å². The Kier molecular flexibility index (Phi) is 7.62. The third-order valence-electron chi connectivity index (χ3n) is 5.09. The molecule has 1 atom stereocenters. The number of hydrogen-bond acceptors (Lipinski definition) is 2. The molecule has 0 aliphatic heterocycles. The van der Waals surface area contributed by atoms with E-state index in [0.717, 1.165) is 30.4 Å². The molecule has 1 aliphatic rings. The lowest BCUT2D eigenvalue weighted by Crippen LogP contribution is -2.43. The number of hydrogen-bond donors (Lipinski definition) is 0. The Morgan fingerprint density at radius 2 is 2.08 bits per heavy atom. The van der Waals surface area contributed by atoms with Crippen LogP contribution in [-0.2, 0) is 9.22 Å². The van der Waals surface area contributed by atoms with E-state index in [2.05, 4.69) is 53.1 Å². The highest BCUT2D eigenvalue weighted by Crippen LogP contribution is 2.38. The van der Waals surface area contributed by atoms with Gasteiger partial charge in [-0.1, -0.05) is 51.7 Å². The lowest BCUT2D eigenvalue weighted by molar-refractivity contribution is -0.115. The predicted molar refractivity (Wildman–Crippen MR) is 107 cm³/mol. The summed E-state index contributed by atoms with van der Waals surface area (Å²) in [5, 5.41) is 0.205. The smallest absolute Gasteiger partial charge is 0.192 e. The van der Waals surface area contributed by atoms with Gasteiger partial charge in [0, 0.05) is 18.1 Å². The second-order valence-electron chi connectivity index (χ2n) is 8.14. The zero-order valence-corrected chi connectivity index (χ0v) is 17.2. The first-order valence-corrected chi connectivity index (χ1v) is 11.9. The molecule has 1 aliphatic carbocycles. The van der Waals surface area contributed by atoms with Gasteiger partial charge in [0.05, 0.1) is 0 Å². The molecule has 0 radical (unpaired) electrons. The van der Waals surface area contributed by atoms with Crippen molar-refractivity contribution >= 4 is 14.1 Å². The zero-order valence-electron chi connectivity index (χ0n) is 16.2. The fraction of sp³-hybridized carbons (Fsp3) is 0.571. The second-order valence-corrected chi connectivity index (χ2v) is 12.9. The minimum Gasteiger partial charge on any atom is -0.414 e. The van der Waals surface area contributed by atoms with Gasteiger partial charge in [0.25, 0.3) is 0 Å². The average Bonchev–Trinajstić information content (AvgIpc) is 2.55. The molecule has 0 saturated heterocycles. The van der Waals surface area contributed by atoms with Gasteiger partial charge in [-0.15, -0.1) is 6.58 Å². The molecule has 0 spiro atoms. The first-order chi connectivity index (χ1) is 11.1. The van der Waals surface area contributed by atoms with Gasteiger partial charge >= 0.3 is 0 Å². The van der Waals surface area contributed by atoms with E-state index in [1.807, 2.05) is 12.2 Å². The van der Waals surface area contributed by atoms with Crippen molar-refractivity contribution in [3.63, 3.8) is 0 Å². The summed E-state index contributed by atoms with van der Waals surface area (Å²) in [4.78, 5) is 12.4. The Bertz CT molecular complexity index is 533. The van der Waals surface area contributed by atoms with Gasteiger partial charge in [0.15, 0.2) is 14.1 Å². The lowest BCUT2D eigenvalue weighted by Gasteiger charge is -2.39. The van der Waals surface area contributed by atoms with Gasteiger partial charge in [-0.05, 0) is 49.4 Å². The van der Waals surface area contributed by atoms with Crippen molar-refractivity contribution in [2.24, 2.45) is 0 Å². The SMILES string of the molecule is C=CCCC(=O)/C1=C/C=C\C[C@@H](O[Si](C)(C)C(C)(C)C)CCC1=C. The number of rotatable bonds is 6. The van der Waals surface area contributed by atoms with Crippen LogP contribution in [0.25, 0.3) is 0 Å². The number of carbonyl (C=O) groups is 1. The maximum atomic E-state index is 12.4. The monoisotopic (exact) mass is 346 g/mol. The van der Waals surface area contributed by atoms with Crippen molar-refractivity contribution < 1.29 is 9.22 Å². The fourth-order valence-electron chi connectivity index (χ4n) is 2.46. The molecule has 24 heavy (non-hydrogen) atoms. The number of carbonyl (C=O) groups excluding carboxylic acids is 1. The van der Waals surface area contributed by atoms with Gasteiger partial charge in [-0.25, -0.2) is 0 Å². The third-order valence-corrected chi connectivity index (χ3v) is 9.63. The van der Waals surface area contributed by atoms with Crippen molar-refractivity contribution in [3.8, 4) is 0 Å². The number of Topliss-reactive ketones (excluding diaryl/α,β-unsaturated/α-hetero) is 1. The Hall–Kier alpha value is -1.19. The van der Waals surface area contributed by atoms with Gasteiger partial charge in [-0.3, -0.25) is 4.79 Å².